The molecule has 0 saturated heterocycles. The number of aryl methyl sites for hydroxylation is 1. The van der Waals surface area contributed by atoms with Crippen LogP contribution < -0.4 is 5.32 Å². The van der Waals surface area contributed by atoms with Gasteiger partial charge in [0.05, 0.1) is 29.7 Å². The Labute approximate surface area is 99.9 Å². The van der Waals surface area contributed by atoms with E-state index in [1.807, 2.05) is 13.2 Å². The molecule has 0 aliphatic carbocycles. The van der Waals surface area contributed by atoms with Gasteiger partial charge in [0, 0.05) is 0 Å². The van der Waals surface area contributed by atoms with E-state index in [0.717, 1.165) is 12.1 Å². The number of nitrogens with one attached hydrogen (secondary N) is 1. The maximum Gasteiger partial charge on any atom is 0.0915 e. The number of rotatable bonds is 4. The van der Waals surface area contributed by atoms with Crippen LogP contribution in [0, 0.1) is 6.92 Å². The molecular weight excluding hydrogens is 218 g/mol. The minimum Gasteiger partial charge on any atom is -0.311 e. The molecule has 1 unspecified atom stereocenters. The molecule has 0 aliphatic rings. The maximum atomic E-state index is 4.27. The van der Waals surface area contributed by atoms with E-state index in [-0.39, 0.29) is 6.04 Å². The lowest BCUT2D eigenvalue weighted by molar-refractivity contribution is 0.580. The summed E-state index contributed by atoms with van der Waals surface area (Å²) in [5.74, 6) is 0. The van der Waals surface area contributed by atoms with Gasteiger partial charge in [0.2, 0.25) is 0 Å². The van der Waals surface area contributed by atoms with Gasteiger partial charge in [0.15, 0.2) is 0 Å². The van der Waals surface area contributed by atoms with Crippen LogP contribution in [0.2, 0.25) is 0 Å². The molecule has 1 aromatic carbocycles. The quantitative estimate of drug-likeness (QED) is 0.881. The van der Waals surface area contributed by atoms with E-state index in [2.05, 4.69) is 45.3 Å². The average Bonchev–Trinajstić information content (AvgIpc) is 2.82. The first-order valence-electron chi connectivity index (χ1n) is 5.30. The third kappa shape index (κ3) is 2.65. The third-order valence-electron chi connectivity index (χ3n) is 2.64. The normalized spacial score (nSPS) is 12.6. The van der Waals surface area contributed by atoms with E-state index in [1.165, 1.54) is 22.9 Å². The van der Waals surface area contributed by atoms with Gasteiger partial charge in [-0.1, -0.05) is 29.8 Å². The molecule has 1 aromatic heterocycles. The van der Waals surface area contributed by atoms with Crippen LogP contribution in [0.25, 0.3) is 0 Å². The van der Waals surface area contributed by atoms with E-state index < -0.39 is 0 Å². The molecule has 0 aliphatic heterocycles. The van der Waals surface area contributed by atoms with Crippen molar-refractivity contribution in [3.63, 3.8) is 0 Å². The molecule has 4 heteroatoms. The predicted octanol–water partition coefficient (Wildman–Crippen LogP) is 2.35. The summed E-state index contributed by atoms with van der Waals surface area (Å²) in [5.41, 5.74) is 3.63. The Balaban J connectivity index is 2.10. The molecule has 1 heterocycles. The molecule has 1 N–H and O–H groups in total. The highest BCUT2D eigenvalue weighted by molar-refractivity contribution is 6.99. The highest BCUT2D eigenvalue weighted by Gasteiger charge is 2.12. The summed E-state index contributed by atoms with van der Waals surface area (Å²) in [5, 5.41) is 3.27. The number of hydrogen-bond donors (Lipinski definition) is 1. The molecule has 0 amide bonds. The van der Waals surface area contributed by atoms with Gasteiger partial charge in [-0.2, -0.15) is 8.75 Å². The monoisotopic (exact) mass is 233 g/mol. The molecule has 1 atom stereocenters. The van der Waals surface area contributed by atoms with Gasteiger partial charge >= 0.3 is 0 Å². The van der Waals surface area contributed by atoms with Crippen molar-refractivity contribution < 1.29 is 0 Å². The summed E-state index contributed by atoms with van der Waals surface area (Å²) in [7, 11) is 1.96. The molecule has 0 bridgehead atoms. The van der Waals surface area contributed by atoms with E-state index in [0.29, 0.717) is 0 Å². The van der Waals surface area contributed by atoms with Crippen molar-refractivity contribution in [2.75, 3.05) is 7.05 Å². The van der Waals surface area contributed by atoms with Crippen molar-refractivity contribution in [3.05, 3.63) is 47.3 Å². The highest BCUT2D eigenvalue weighted by Crippen LogP contribution is 2.16. The Bertz CT molecular complexity index is 422. The van der Waals surface area contributed by atoms with Gasteiger partial charge in [-0.3, -0.25) is 0 Å². The summed E-state index contributed by atoms with van der Waals surface area (Å²) in [6.45, 7) is 2.10. The summed E-state index contributed by atoms with van der Waals surface area (Å²) < 4.78 is 8.31. The molecule has 2 aromatic rings. The molecule has 0 saturated carbocycles. The minimum atomic E-state index is 0.251. The van der Waals surface area contributed by atoms with E-state index in [4.69, 9.17) is 0 Å². The van der Waals surface area contributed by atoms with Crippen LogP contribution in [0.5, 0.6) is 0 Å². The fourth-order valence-electron chi connectivity index (χ4n) is 1.64. The standard InChI is InChI=1S/C12H15N3S/c1-9-3-5-10(6-4-9)7-11(13-2)12-8-14-16-15-12/h3-6,8,11,13H,7H2,1-2H3. The molecule has 0 fully saturated rings. The Hall–Kier alpha value is -1.26. The fourth-order valence-corrected chi connectivity index (χ4v) is 2.11. The van der Waals surface area contributed by atoms with Crippen LogP contribution in [0.3, 0.4) is 0 Å². The third-order valence-corrected chi connectivity index (χ3v) is 3.14. The van der Waals surface area contributed by atoms with Crippen LogP contribution in [-0.2, 0) is 6.42 Å². The second kappa shape index (κ2) is 5.18. The number of benzene rings is 1. The van der Waals surface area contributed by atoms with Crippen LogP contribution in [0.4, 0.5) is 0 Å². The van der Waals surface area contributed by atoms with E-state index >= 15 is 0 Å². The van der Waals surface area contributed by atoms with Gasteiger partial charge in [0.25, 0.3) is 0 Å². The van der Waals surface area contributed by atoms with Gasteiger partial charge < -0.3 is 5.32 Å². The zero-order valence-corrected chi connectivity index (χ0v) is 10.3. The highest BCUT2D eigenvalue weighted by atomic mass is 32.1. The number of hydrogen-bond acceptors (Lipinski definition) is 4. The van der Waals surface area contributed by atoms with Crippen molar-refractivity contribution in [1.82, 2.24) is 14.1 Å². The molecule has 3 nitrogen and oxygen atoms in total. The summed E-state index contributed by atoms with van der Waals surface area (Å²) >= 11 is 1.26. The maximum absolute atomic E-state index is 4.27. The SMILES string of the molecule is CNC(Cc1ccc(C)cc1)c1cnsn1. The lowest BCUT2D eigenvalue weighted by atomic mass is 10.0. The smallest absolute Gasteiger partial charge is 0.0915 e. The van der Waals surface area contributed by atoms with Crippen molar-refractivity contribution in [2.24, 2.45) is 0 Å². The van der Waals surface area contributed by atoms with Crippen molar-refractivity contribution in [1.29, 1.82) is 0 Å². The van der Waals surface area contributed by atoms with Crippen LogP contribution in [0.1, 0.15) is 22.9 Å². The lowest BCUT2D eigenvalue weighted by Gasteiger charge is -2.13. The first-order valence-corrected chi connectivity index (χ1v) is 6.03. The Morgan fingerprint density at radius 1 is 1.31 bits per heavy atom. The Morgan fingerprint density at radius 3 is 2.62 bits per heavy atom. The molecule has 16 heavy (non-hydrogen) atoms. The van der Waals surface area contributed by atoms with Crippen LogP contribution in [-0.4, -0.2) is 15.8 Å². The number of likely N-dealkylation sites (N-methyl/N-ethyl adjacent to an activating group) is 1. The molecule has 0 radical (unpaired) electrons. The first kappa shape index (κ1) is 11.2. The van der Waals surface area contributed by atoms with Crippen LogP contribution >= 0.6 is 11.7 Å². The lowest BCUT2D eigenvalue weighted by Crippen LogP contribution is -2.19. The van der Waals surface area contributed by atoms with Gasteiger partial charge in [-0.15, -0.1) is 0 Å². The minimum absolute atomic E-state index is 0.251. The zero-order chi connectivity index (χ0) is 11.4. The predicted molar refractivity (Wildman–Crippen MR) is 66.6 cm³/mol. The Morgan fingerprint density at radius 2 is 2.06 bits per heavy atom. The zero-order valence-electron chi connectivity index (χ0n) is 9.47. The van der Waals surface area contributed by atoms with E-state index in [9.17, 15) is 0 Å². The largest absolute Gasteiger partial charge is 0.311 e. The first-order chi connectivity index (χ1) is 7.79. The van der Waals surface area contributed by atoms with E-state index in [1.54, 1.807) is 0 Å². The number of aromatic nitrogens is 2. The van der Waals surface area contributed by atoms with Crippen molar-refractivity contribution in [3.8, 4) is 0 Å². The molecule has 2 rings (SSSR count). The second-order valence-corrected chi connectivity index (χ2v) is 4.42. The van der Waals surface area contributed by atoms with Gasteiger partial charge in [-0.25, -0.2) is 0 Å². The summed E-state index contributed by atoms with van der Waals surface area (Å²) in [6.07, 6.45) is 2.78. The number of nitrogens with zero attached hydrogens (tertiary/aromatic N) is 2. The fraction of sp³-hybridized carbons (Fsp3) is 0.333. The Kier molecular flexibility index (Phi) is 3.64. The van der Waals surface area contributed by atoms with Crippen molar-refractivity contribution in [2.45, 2.75) is 19.4 Å². The van der Waals surface area contributed by atoms with Crippen LogP contribution in [0.15, 0.2) is 30.5 Å². The molecule has 0 spiro atoms. The molecule has 84 valence electrons. The average molecular weight is 233 g/mol. The topological polar surface area (TPSA) is 37.8 Å². The summed E-state index contributed by atoms with van der Waals surface area (Å²) in [4.78, 5) is 0. The molecular formula is C12H15N3S. The second-order valence-electron chi connectivity index (χ2n) is 3.86. The van der Waals surface area contributed by atoms with Gasteiger partial charge in [0.1, 0.15) is 0 Å². The van der Waals surface area contributed by atoms with Crippen molar-refractivity contribution >= 4 is 11.7 Å². The summed E-state index contributed by atoms with van der Waals surface area (Å²) in [6, 6.07) is 8.86. The van der Waals surface area contributed by atoms with Gasteiger partial charge in [-0.05, 0) is 26.0 Å².